The number of piperazine rings is 1. The first-order valence-corrected chi connectivity index (χ1v) is 7.61. The minimum absolute atomic E-state index is 0.733. The van der Waals surface area contributed by atoms with Crippen molar-refractivity contribution < 1.29 is 0 Å². The molecule has 0 spiro atoms. The number of hydrogen-bond donors (Lipinski definition) is 1. The molecule has 3 unspecified atom stereocenters. The van der Waals surface area contributed by atoms with E-state index in [2.05, 4.69) is 35.2 Å². The highest BCUT2D eigenvalue weighted by molar-refractivity contribution is 7.99. The van der Waals surface area contributed by atoms with Crippen LogP contribution in [0.15, 0.2) is 0 Å². The molecule has 1 N–H and O–H groups in total. The second-order valence-electron chi connectivity index (χ2n) is 4.92. The fraction of sp³-hybridized carbons (Fsp3) is 1.00. The lowest BCUT2D eigenvalue weighted by Crippen LogP contribution is -2.57. The molecule has 0 bridgehead atoms. The van der Waals surface area contributed by atoms with Gasteiger partial charge in [-0.15, -0.1) is 0 Å². The lowest BCUT2D eigenvalue weighted by Gasteiger charge is -2.45. The van der Waals surface area contributed by atoms with E-state index in [-0.39, 0.29) is 0 Å². The Morgan fingerprint density at radius 1 is 1.27 bits per heavy atom. The van der Waals surface area contributed by atoms with Crippen molar-refractivity contribution in [3.63, 3.8) is 0 Å². The molecule has 2 aliphatic rings. The van der Waals surface area contributed by atoms with E-state index >= 15 is 0 Å². The Bertz CT molecular complexity index is 198. The topological polar surface area (TPSA) is 15.3 Å². The van der Waals surface area contributed by atoms with Gasteiger partial charge in [0.2, 0.25) is 0 Å². The molecule has 15 heavy (non-hydrogen) atoms. The molecule has 1 aliphatic heterocycles. The second-order valence-corrected chi connectivity index (χ2v) is 5.99. The van der Waals surface area contributed by atoms with Gasteiger partial charge in [-0.25, -0.2) is 0 Å². The van der Waals surface area contributed by atoms with E-state index in [0.717, 1.165) is 17.3 Å². The van der Waals surface area contributed by atoms with Crippen LogP contribution in [-0.4, -0.2) is 48.1 Å². The average Bonchev–Trinajstić information content (AvgIpc) is 2.30. The number of thioether (sulfide) groups is 1. The Hall–Kier alpha value is 0.270. The minimum Gasteiger partial charge on any atom is -0.314 e. The third-order valence-corrected chi connectivity index (χ3v) is 5.10. The van der Waals surface area contributed by atoms with Crippen molar-refractivity contribution in [2.75, 3.05) is 25.9 Å². The molecule has 2 nitrogen and oxygen atoms in total. The summed E-state index contributed by atoms with van der Waals surface area (Å²) in [4.78, 5) is 2.76. The van der Waals surface area contributed by atoms with Crippen LogP contribution in [0.5, 0.6) is 0 Å². The summed E-state index contributed by atoms with van der Waals surface area (Å²) in [5.74, 6) is 0. The first-order chi connectivity index (χ1) is 7.33. The molecule has 1 saturated carbocycles. The van der Waals surface area contributed by atoms with Gasteiger partial charge in [-0.2, -0.15) is 11.8 Å². The van der Waals surface area contributed by atoms with E-state index < -0.39 is 0 Å². The van der Waals surface area contributed by atoms with Gasteiger partial charge in [0.05, 0.1) is 0 Å². The van der Waals surface area contributed by atoms with Gasteiger partial charge in [0.1, 0.15) is 0 Å². The number of nitrogens with zero attached hydrogens (tertiary/aromatic N) is 1. The van der Waals surface area contributed by atoms with Crippen LogP contribution >= 0.6 is 11.8 Å². The van der Waals surface area contributed by atoms with Crippen LogP contribution < -0.4 is 5.32 Å². The molecule has 1 heterocycles. The molecule has 3 heteroatoms. The maximum atomic E-state index is 3.49. The Kier molecular flexibility index (Phi) is 4.35. The first kappa shape index (κ1) is 11.7. The van der Waals surface area contributed by atoms with E-state index in [4.69, 9.17) is 0 Å². The molecule has 2 rings (SSSR count). The quantitative estimate of drug-likeness (QED) is 0.778. The molecule has 88 valence electrons. The van der Waals surface area contributed by atoms with Crippen molar-refractivity contribution in [3.05, 3.63) is 0 Å². The molecule has 0 aromatic carbocycles. The van der Waals surface area contributed by atoms with E-state index in [1.165, 1.54) is 45.3 Å². The Balaban J connectivity index is 1.99. The Morgan fingerprint density at radius 2 is 2.07 bits per heavy atom. The lowest BCUT2D eigenvalue weighted by molar-refractivity contribution is 0.0954. The monoisotopic (exact) mass is 228 g/mol. The van der Waals surface area contributed by atoms with Crippen molar-refractivity contribution >= 4 is 11.8 Å². The van der Waals surface area contributed by atoms with Gasteiger partial charge in [0.25, 0.3) is 0 Å². The summed E-state index contributed by atoms with van der Waals surface area (Å²) in [7, 11) is 0. The van der Waals surface area contributed by atoms with Crippen LogP contribution in [0.3, 0.4) is 0 Å². The normalized spacial score (nSPS) is 39.2. The molecule has 3 atom stereocenters. The van der Waals surface area contributed by atoms with Gasteiger partial charge < -0.3 is 5.32 Å². The molecular weight excluding hydrogens is 204 g/mol. The van der Waals surface area contributed by atoms with Crippen molar-refractivity contribution in [1.82, 2.24) is 10.2 Å². The summed E-state index contributed by atoms with van der Waals surface area (Å²) in [5, 5.41) is 4.38. The molecule has 2 fully saturated rings. The Labute approximate surface area is 98.2 Å². The zero-order chi connectivity index (χ0) is 10.7. The summed E-state index contributed by atoms with van der Waals surface area (Å²) in [5.41, 5.74) is 0. The predicted octanol–water partition coefficient (Wildman–Crippen LogP) is 1.95. The van der Waals surface area contributed by atoms with Gasteiger partial charge in [0, 0.05) is 37.0 Å². The molecule has 0 amide bonds. The zero-order valence-electron chi connectivity index (χ0n) is 10.0. The van der Waals surface area contributed by atoms with Crippen molar-refractivity contribution in [2.24, 2.45) is 0 Å². The van der Waals surface area contributed by atoms with E-state index in [0.29, 0.717) is 0 Å². The largest absolute Gasteiger partial charge is 0.314 e. The van der Waals surface area contributed by atoms with Crippen LogP contribution in [0.2, 0.25) is 0 Å². The summed E-state index contributed by atoms with van der Waals surface area (Å²) < 4.78 is 0. The zero-order valence-corrected chi connectivity index (χ0v) is 10.9. The van der Waals surface area contributed by atoms with Crippen molar-refractivity contribution in [1.29, 1.82) is 0 Å². The van der Waals surface area contributed by atoms with Gasteiger partial charge in [0.15, 0.2) is 0 Å². The van der Waals surface area contributed by atoms with E-state index in [1.54, 1.807) is 0 Å². The number of hydrogen-bond acceptors (Lipinski definition) is 3. The third kappa shape index (κ3) is 2.69. The average molecular weight is 228 g/mol. The molecule has 0 aromatic rings. The third-order valence-electron chi connectivity index (χ3n) is 3.95. The van der Waals surface area contributed by atoms with Gasteiger partial charge in [-0.1, -0.05) is 12.8 Å². The highest BCUT2D eigenvalue weighted by atomic mass is 32.2. The second kappa shape index (κ2) is 5.55. The van der Waals surface area contributed by atoms with E-state index in [9.17, 15) is 0 Å². The maximum Gasteiger partial charge on any atom is 0.0218 e. The molecule has 0 radical (unpaired) electrons. The summed E-state index contributed by atoms with van der Waals surface area (Å²) in [6.45, 7) is 5.99. The van der Waals surface area contributed by atoms with E-state index in [1.807, 2.05) is 0 Å². The van der Waals surface area contributed by atoms with Crippen LogP contribution in [0.1, 0.15) is 32.6 Å². The number of nitrogens with one attached hydrogen (secondary N) is 1. The fourth-order valence-corrected chi connectivity index (χ4v) is 4.09. The highest BCUT2D eigenvalue weighted by Crippen LogP contribution is 2.31. The highest BCUT2D eigenvalue weighted by Gasteiger charge is 2.32. The molecular formula is C12H24N2S. The standard InChI is InChI=1S/C12H24N2S/c1-10-9-13-7-8-14(10)11-5-3-4-6-12(11)15-2/h10-13H,3-9H2,1-2H3. The van der Waals surface area contributed by atoms with Crippen LogP contribution in [0, 0.1) is 0 Å². The van der Waals surface area contributed by atoms with Gasteiger partial charge in [-0.3, -0.25) is 4.90 Å². The molecule has 0 aromatic heterocycles. The van der Waals surface area contributed by atoms with Crippen molar-refractivity contribution in [2.45, 2.75) is 49.9 Å². The number of rotatable bonds is 2. The van der Waals surface area contributed by atoms with Crippen LogP contribution in [0.4, 0.5) is 0 Å². The SMILES string of the molecule is CSC1CCCCC1N1CCNCC1C. The molecule has 1 saturated heterocycles. The van der Waals surface area contributed by atoms with Gasteiger partial charge >= 0.3 is 0 Å². The van der Waals surface area contributed by atoms with Crippen LogP contribution in [0.25, 0.3) is 0 Å². The Morgan fingerprint density at radius 3 is 2.80 bits per heavy atom. The fourth-order valence-electron chi connectivity index (χ4n) is 3.08. The molecule has 1 aliphatic carbocycles. The summed E-state index contributed by atoms with van der Waals surface area (Å²) >= 11 is 2.09. The predicted molar refractivity (Wildman–Crippen MR) is 68.6 cm³/mol. The minimum atomic E-state index is 0.733. The lowest BCUT2D eigenvalue weighted by atomic mass is 9.92. The summed E-state index contributed by atoms with van der Waals surface area (Å²) in [6, 6.07) is 1.59. The maximum absolute atomic E-state index is 3.49. The van der Waals surface area contributed by atoms with Crippen molar-refractivity contribution in [3.8, 4) is 0 Å². The summed E-state index contributed by atoms with van der Waals surface area (Å²) in [6.07, 6.45) is 8.04. The smallest absolute Gasteiger partial charge is 0.0218 e. The van der Waals surface area contributed by atoms with Crippen LogP contribution in [-0.2, 0) is 0 Å². The van der Waals surface area contributed by atoms with Gasteiger partial charge in [-0.05, 0) is 26.0 Å². The first-order valence-electron chi connectivity index (χ1n) is 6.32.